The van der Waals surface area contributed by atoms with E-state index in [1.165, 1.54) is 64.5 Å². The lowest BCUT2D eigenvalue weighted by Crippen LogP contribution is -2.58. The van der Waals surface area contributed by atoms with Gasteiger partial charge < -0.3 is 14.4 Å². The normalized spacial score (nSPS) is 46.1. The Balaban J connectivity index is 1.37. The van der Waals surface area contributed by atoms with Gasteiger partial charge in [0.25, 0.3) is 0 Å². The van der Waals surface area contributed by atoms with Crippen molar-refractivity contribution in [2.75, 3.05) is 19.6 Å². The van der Waals surface area contributed by atoms with E-state index in [2.05, 4.69) is 11.8 Å². The largest absolute Gasteiger partial charge is 0.463 e. The second-order valence-electron chi connectivity index (χ2n) is 12.1. The highest BCUT2D eigenvalue weighted by Gasteiger charge is 2.63. The average molecular weight is 446 g/mol. The Labute approximate surface area is 194 Å². The molecule has 1 unspecified atom stereocenters. The van der Waals surface area contributed by atoms with E-state index in [0.29, 0.717) is 17.3 Å². The molecule has 1 heterocycles. The van der Waals surface area contributed by atoms with Crippen LogP contribution in [0.2, 0.25) is 0 Å². The maximum Gasteiger partial charge on any atom is 0.302 e. The van der Waals surface area contributed by atoms with Gasteiger partial charge in [-0.3, -0.25) is 9.59 Å². The highest BCUT2D eigenvalue weighted by Crippen LogP contribution is 2.67. The van der Waals surface area contributed by atoms with Gasteiger partial charge in [-0.15, -0.1) is 0 Å². The summed E-state index contributed by atoms with van der Waals surface area (Å²) in [4.78, 5) is 26.2. The minimum Gasteiger partial charge on any atom is -0.463 e. The van der Waals surface area contributed by atoms with Crippen LogP contribution in [0.4, 0.5) is 0 Å². The van der Waals surface area contributed by atoms with E-state index >= 15 is 0 Å². The van der Waals surface area contributed by atoms with Crippen molar-refractivity contribution in [1.82, 2.24) is 4.90 Å². The van der Waals surface area contributed by atoms with Crippen LogP contribution in [0.5, 0.6) is 0 Å². The third-order valence-electron chi connectivity index (χ3n) is 10.6. The Bertz CT molecular complexity index is 733. The van der Waals surface area contributed by atoms with Crippen molar-refractivity contribution < 1.29 is 19.1 Å². The van der Waals surface area contributed by atoms with E-state index < -0.39 is 0 Å². The van der Waals surface area contributed by atoms with E-state index in [9.17, 15) is 9.59 Å². The van der Waals surface area contributed by atoms with Gasteiger partial charge in [0.15, 0.2) is 0 Å². The molecule has 32 heavy (non-hydrogen) atoms. The number of rotatable bonds is 4. The fourth-order valence-electron chi connectivity index (χ4n) is 9.35. The summed E-state index contributed by atoms with van der Waals surface area (Å²) in [6, 6.07) is 0. The van der Waals surface area contributed by atoms with Crippen LogP contribution in [0.1, 0.15) is 91.4 Å². The Morgan fingerprint density at radius 1 is 0.875 bits per heavy atom. The molecule has 4 saturated carbocycles. The first-order valence-corrected chi connectivity index (χ1v) is 13.4. The number of hydrogen-bond acceptors (Lipinski definition) is 5. The Hall–Kier alpha value is -1.10. The van der Waals surface area contributed by atoms with Gasteiger partial charge in [0, 0.05) is 25.8 Å². The molecule has 180 valence electrons. The standard InChI is InChI=1S/C27H43NO4/c1-18(29)31-21-10-12-26(3)20(16-21)6-7-22-23(26)11-13-27(17-28-14-4-5-15-28)24(22)8-9-25(27)32-19(2)30/h20-25H,4-17H2,1-3H3/t20-,21+,22+,23-,24-,25?,26-,27+/m0/s1. The number of carbonyl (C=O) groups excluding carboxylic acids is 2. The molecular weight excluding hydrogens is 402 g/mol. The van der Waals surface area contributed by atoms with Crippen LogP contribution in [-0.4, -0.2) is 48.7 Å². The fraction of sp³-hybridized carbons (Fsp3) is 0.926. The number of esters is 2. The lowest BCUT2D eigenvalue weighted by atomic mass is 9.45. The van der Waals surface area contributed by atoms with Crippen LogP contribution < -0.4 is 0 Å². The third kappa shape index (κ3) is 3.80. The van der Waals surface area contributed by atoms with Crippen LogP contribution in [0, 0.1) is 34.5 Å². The number of likely N-dealkylation sites (tertiary alicyclic amines) is 1. The Kier molecular flexibility index (Phi) is 6.09. The molecule has 8 atom stereocenters. The van der Waals surface area contributed by atoms with Gasteiger partial charge >= 0.3 is 11.9 Å². The van der Waals surface area contributed by atoms with E-state index in [1.807, 2.05) is 0 Å². The SMILES string of the molecule is CC(=O)OC1CC[C@H]2[C@@H]3CC[C@H]4C[C@H](OC(C)=O)CC[C@]4(C)[C@H]3CC[C@]12CN1CCCC1. The molecule has 1 aliphatic heterocycles. The molecule has 5 rings (SSSR count). The summed E-state index contributed by atoms with van der Waals surface area (Å²) in [5.41, 5.74) is 0.536. The molecule has 4 aliphatic carbocycles. The molecule has 0 aromatic rings. The molecule has 0 amide bonds. The van der Waals surface area contributed by atoms with Gasteiger partial charge in [-0.1, -0.05) is 6.92 Å². The first kappa shape index (κ1) is 22.7. The summed E-state index contributed by atoms with van der Waals surface area (Å²) in [7, 11) is 0. The molecule has 5 nitrogen and oxygen atoms in total. The van der Waals surface area contributed by atoms with E-state index in [1.54, 1.807) is 13.8 Å². The number of ether oxygens (including phenoxy) is 2. The van der Waals surface area contributed by atoms with E-state index in [4.69, 9.17) is 9.47 Å². The van der Waals surface area contributed by atoms with Crippen molar-refractivity contribution in [2.45, 2.75) is 104 Å². The molecule has 5 fully saturated rings. The summed E-state index contributed by atoms with van der Waals surface area (Å²) in [6.07, 6.45) is 13.5. The zero-order valence-electron chi connectivity index (χ0n) is 20.4. The maximum absolute atomic E-state index is 12.0. The molecule has 0 radical (unpaired) electrons. The smallest absolute Gasteiger partial charge is 0.302 e. The van der Waals surface area contributed by atoms with Gasteiger partial charge in [-0.05, 0) is 113 Å². The predicted octanol–water partition coefficient (Wildman–Crippen LogP) is 4.97. The molecular formula is C27H43NO4. The molecule has 5 aliphatic rings. The fourth-order valence-corrected chi connectivity index (χ4v) is 9.35. The van der Waals surface area contributed by atoms with Crippen molar-refractivity contribution >= 4 is 11.9 Å². The number of carbonyl (C=O) groups is 2. The number of fused-ring (bicyclic) bond motifs is 5. The number of hydrogen-bond donors (Lipinski definition) is 0. The highest BCUT2D eigenvalue weighted by molar-refractivity contribution is 5.66. The minimum absolute atomic E-state index is 0.0990. The quantitative estimate of drug-likeness (QED) is 0.572. The van der Waals surface area contributed by atoms with Crippen LogP contribution in [-0.2, 0) is 19.1 Å². The highest BCUT2D eigenvalue weighted by atomic mass is 16.5. The Morgan fingerprint density at radius 3 is 2.34 bits per heavy atom. The van der Waals surface area contributed by atoms with Crippen molar-refractivity contribution in [3.8, 4) is 0 Å². The van der Waals surface area contributed by atoms with Gasteiger partial charge in [-0.25, -0.2) is 0 Å². The van der Waals surface area contributed by atoms with E-state index in [-0.39, 0.29) is 29.6 Å². The van der Waals surface area contributed by atoms with Crippen LogP contribution >= 0.6 is 0 Å². The maximum atomic E-state index is 12.0. The molecule has 5 heteroatoms. The zero-order chi connectivity index (χ0) is 22.5. The zero-order valence-corrected chi connectivity index (χ0v) is 20.4. The van der Waals surface area contributed by atoms with Crippen LogP contribution in [0.25, 0.3) is 0 Å². The lowest BCUT2D eigenvalue weighted by Gasteiger charge is -2.61. The summed E-state index contributed by atoms with van der Waals surface area (Å²) >= 11 is 0. The summed E-state index contributed by atoms with van der Waals surface area (Å²) in [6.45, 7) is 9.26. The monoisotopic (exact) mass is 445 g/mol. The summed E-state index contributed by atoms with van der Waals surface area (Å²) in [5.74, 6) is 2.68. The number of nitrogens with zero attached hydrogens (tertiary/aromatic N) is 1. The minimum atomic E-state index is -0.126. The first-order valence-electron chi connectivity index (χ1n) is 13.4. The molecule has 0 spiro atoms. The molecule has 0 aromatic carbocycles. The van der Waals surface area contributed by atoms with Gasteiger partial charge in [0.2, 0.25) is 0 Å². The van der Waals surface area contributed by atoms with Crippen molar-refractivity contribution in [3.63, 3.8) is 0 Å². The molecule has 0 aromatic heterocycles. The topological polar surface area (TPSA) is 55.8 Å². The second kappa shape index (κ2) is 8.60. The third-order valence-corrected chi connectivity index (χ3v) is 10.6. The Morgan fingerprint density at radius 2 is 1.62 bits per heavy atom. The average Bonchev–Trinajstić information content (AvgIpc) is 3.36. The van der Waals surface area contributed by atoms with Gasteiger partial charge in [0.1, 0.15) is 12.2 Å². The molecule has 1 saturated heterocycles. The van der Waals surface area contributed by atoms with Gasteiger partial charge in [-0.2, -0.15) is 0 Å². The van der Waals surface area contributed by atoms with E-state index in [0.717, 1.165) is 37.6 Å². The first-order chi connectivity index (χ1) is 15.3. The summed E-state index contributed by atoms with van der Waals surface area (Å²) in [5, 5.41) is 0. The van der Waals surface area contributed by atoms with Crippen molar-refractivity contribution in [1.29, 1.82) is 0 Å². The summed E-state index contributed by atoms with van der Waals surface area (Å²) < 4.78 is 11.7. The second-order valence-corrected chi connectivity index (χ2v) is 12.1. The van der Waals surface area contributed by atoms with Gasteiger partial charge in [0.05, 0.1) is 0 Å². The predicted molar refractivity (Wildman–Crippen MR) is 123 cm³/mol. The van der Waals surface area contributed by atoms with Crippen molar-refractivity contribution in [2.24, 2.45) is 34.5 Å². The molecule has 0 N–H and O–H groups in total. The lowest BCUT2D eigenvalue weighted by molar-refractivity contribution is -0.172. The van der Waals surface area contributed by atoms with Crippen molar-refractivity contribution in [3.05, 3.63) is 0 Å². The van der Waals surface area contributed by atoms with Crippen LogP contribution in [0.3, 0.4) is 0 Å². The molecule has 0 bridgehead atoms. The van der Waals surface area contributed by atoms with Crippen LogP contribution in [0.15, 0.2) is 0 Å².